The number of fused-ring (bicyclic) bond motifs is 20. The minimum Gasteiger partial charge on any atom is -0.493 e. The van der Waals surface area contributed by atoms with Gasteiger partial charge in [0, 0.05) is 95.8 Å². The highest BCUT2D eigenvalue weighted by atomic mass is 16.5. The molecule has 0 amide bonds. The Balaban J connectivity index is 0.000000122. The maximum atomic E-state index is 10.1. The lowest BCUT2D eigenvalue weighted by Gasteiger charge is -2.29. The van der Waals surface area contributed by atoms with Crippen LogP contribution < -0.4 is 56.8 Å². The number of aliphatic hydroxyl groups excluding tert-OH is 8. The van der Waals surface area contributed by atoms with Gasteiger partial charge in [-0.25, -0.2) is 0 Å². The number of quaternary nitrogens is 2. The quantitative estimate of drug-likeness (QED) is 0.0162. The second-order valence-corrected chi connectivity index (χ2v) is 36.8. The summed E-state index contributed by atoms with van der Waals surface area (Å²) in [6.07, 6.45) is 15.0. The Kier molecular flexibility index (Phi) is 28.4. The number of methoxy groups -OCH3 is 7. The van der Waals surface area contributed by atoms with E-state index >= 15 is 0 Å². The van der Waals surface area contributed by atoms with Gasteiger partial charge in [-0.1, -0.05) is 158 Å². The number of pyridine rings is 4. The number of aryl methyl sites for hydroxylation is 2. The average Bonchev–Trinajstić information content (AvgIpc) is 1.07. The molecule has 1 atom stereocenters. The predicted octanol–water partition coefficient (Wildman–Crippen LogP) is 14.7. The van der Waals surface area contributed by atoms with E-state index in [1.165, 1.54) is 50.9 Å². The molecule has 2 aliphatic carbocycles. The van der Waals surface area contributed by atoms with Crippen molar-refractivity contribution in [2.45, 2.75) is 84.6 Å². The third-order valence-electron chi connectivity index (χ3n) is 29.2. The van der Waals surface area contributed by atoms with Gasteiger partial charge in [-0.15, -0.1) is 0 Å². The van der Waals surface area contributed by atoms with Crippen molar-refractivity contribution < 1.29 is 106 Å². The lowest BCUT2D eigenvalue weighted by atomic mass is 9.85. The number of nitrogens with one attached hydrogen (secondary N) is 2. The normalized spacial score (nSPS) is 14.3. The molecule has 14 aromatic carbocycles. The number of ether oxygens (including phenoxy) is 8. The molecule has 23 nitrogen and oxygen atoms in total. The van der Waals surface area contributed by atoms with E-state index < -0.39 is 0 Å². The fourth-order valence-electron chi connectivity index (χ4n) is 22.1. The molecule has 0 bridgehead atoms. The standard InChI is InChI=1S/C34H37N2O5.C34H29NO4.C27H25N2O4.C25H27NO4/c1-35-19-29-25(9-8-24(20-37)30(29)21-38)27-11-10-26-28(33(27)35)18-31(39-2)34(40-3)32(26)23-6-4-22(5-7-23)12-13-36-14-16-41-17-15-36;1-35-18-29-25(14-13-24(19-36)30(29)20-37)27-16-15-26-28(33(27)35)17-31(38-2)34(39-3)32(26)23-11-9-22(10-12-23)21-7-5-4-6-8-21;1-29-13-22-18(7-6-17(14-30)23(22)15-31)20-9-8-19-21(26(20)29)11-24(32-2)27(33-3)25(19)16-5-4-10-28-12-16;1-26-11-20-16(7-6-15(12-27)21(20)13-28)18-9-8-17-19(24(18)26)10-22(29-2)25(30-3)23(17)14-4-5-14/h4-11,18-19,37-38H,12-17,20-21H2,1-3H3;4-18,36-37H,1,19-20H2,2-3H3;4-13,30-31H,14-15H2,1-3H3;6-10,14,27-28H,4-5,11-13H2,1-3H3/q+1;+2;+1;/p+2. The van der Waals surface area contributed by atoms with Crippen LogP contribution in [-0.4, -0.2) is 148 Å². The highest BCUT2D eigenvalue weighted by Gasteiger charge is 2.38. The van der Waals surface area contributed by atoms with Gasteiger partial charge >= 0.3 is 5.78 Å². The Hall–Kier alpha value is -14.7. The number of aromatic nitrogens is 4. The molecule has 726 valence electrons. The van der Waals surface area contributed by atoms with Crippen molar-refractivity contribution in [1.82, 2.24) is 4.98 Å². The number of allylic oxidation sites excluding steroid dienone is 1. The SMILES string of the molecule is C=[n+]1cc2c(CO)c(CO)ccc2c2ccc3c(c21)C=C(OC)C(=[O+]C)C=3c1ccc(-c2ccccc2)cc1.COc1cc2c(ccc3c4ccc(CO)c(CO)c4c[n+](C)c23)c(-c2ccc(CC[NH+]3CCOCC3)cc2)c1OC.COc1cc2c(ccc3c4ccc(CO)c(CO)c4c[n+](C)c23)c(-c2cccnc2)c1OC.COc1cc2c3c(ccc2c(C2CC2)c1OC)-c1ccc(CO)c(CO)c1C[NH+]3C. The first kappa shape index (κ1) is 97.2. The first-order chi connectivity index (χ1) is 69.9. The van der Waals surface area contributed by atoms with Gasteiger partial charge in [0.15, 0.2) is 53.1 Å². The van der Waals surface area contributed by atoms with Gasteiger partial charge in [-0.2, -0.15) is 13.4 Å². The Labute approximate surface area is 828 Å². The molecule has 1 saturated carbocycles. The van der Waals surface area contributed by atoms with Crippen molar-refractivity contribution in [2.24, 2.45) is 14.1 Å². The molecule has 1 unspecified atom stereocenters. The summed E-state index contributed by atoms with van der Waals surface area (Å²) in [6, 6.07) is 70.6. The number of ketones is 1. The average molecular weight is 1920 g/mol. The molecule has 23 heteroatoms. The number of nitrogens with zero attached hydrogens (tertiary/aromatic N) is 4. The first-order valence-corrected chi connectivity index (χ1v) is 48.2. The van der Waals surface area contributed by atoms with Crippen LogP contribution in [-0.2, 0) is 93.8 Å². The van der Waals surface area contributed by atoms with Crippen molar-refractivity contribution in [3.05, 3.63) is 327 Å². The van der Waals surface area contributed by atoms with E-state index in [-0.39, 0.29) is 52.9 Å². The van der Waals surface area contributed by atoms with Gasteiger partial charge in [0.2, 0.25) is 22.3 Å². The zero-order valence-corrected chi connectivity index (χ0v) is 82.4. The molecule has 2 fully saturated rings. The van der Waals surface area contributed by atoms with E-state index in [0.717, 1.165) is 244 Å². The van der Waals surface area contributed by atoms with Gasteiger partial charge in [-0.3, -0.25) is 9.41 Å². The Morgan fingerprint density at radius 3 is 1.40 bits per heavy atom. The van der Waals surface area contributed by atoms with E-state index in [4.69, 9.17) is 42.3 Å². The van der Waals surface area contributed by atoms with Crippen molar-refractivity contribution in [3.8, 4) is 79.0 Å². The van der Waals surface area contributed by atoms with Crippen molar-refractivity contribution in [3.63, 3.8) is 0 Å². The van der Waals surface area contributed by atoms with Crippen LogP contribution in [0.15, 0.2) is 243 Å². The molecule has 0 spiro atoms. The predicted molar refractivity (Wildman–Crippen MR) is 560 cm³/mol. The molecule has 6 heterocycles. The molecule has 4 aliphatic rings. The molecular formula is C120H120N6O17+6. The largest absolute Gasteiger partial charge is 0.493 e. The summed E-state index contributed by atoms with van der Waals surface area (Å²) in [4.78, 5) is 7.18. The third-order valence-corrected chi connectivity index (χ3v) is 29.2. The van der Waals surface area contributed by atoms with Crippen molar-refractivity contribution in [1.29, 1.82) is 0 Å². The van der Waals surface area contributed by atoms with Gasteiger partial charge in [0.1, 0.15) is 46.1 Å². The van der Waals surface area contributed by atoms with Crippen molar-refractivity contribution in [2.75, 3.05) is 96.8 Å². The lowest BCUT2D eigenvalue weighted by molar-refractivity contribution is -0.907. The van der Waals surface area contributed by atoms with Crippen LogP contribution >= 0.6 is 0 Å². The number of morpholine rings is 1. The summed E-state index contributed by atoms with van der Waals surface area (Å²) in [6.45, 7) is 9.14. The van der Waals surface area contributed by atoms with Crippen molar-refractivity contribution >= 4 is 120 Å². The summed E-state index contributed by atoms with van der Waals surface area (Å²) >= 11 is 0. The highest BCUT2D eigenvalue weighted by molar-refractivity contribution is 6.31. The van der Waals surface area contributed by atoms with Crippen LogP contribution in [0.1, 0.15) is 91.1 Å². The summed E-state index contributed by atoms with van der Waals surface area (Å²) in [7, 11) is 19.6. The van der Waals surface area contributed by atoms with E-state index in [9.17, 15) is 40.9 Å². The number of aliphatic hydroxyl groups is 8. The first-order valence-electron chi connectivity index (χ1n) is 48.2. The van der Waals surface area contributed by atoms with Gasteiger partial charge in [-0.05, 0) is 151 Å². The van der Waals surface area contributed by atoms with Crippen LogP contribution in [0.4, 0.5) is 5.69 Å². The van der Waals surface area contributed by atoms with E-state index in [1.54, 1.807) is 68.0 Å². The Morgan fingerprint density at radius 1 is 0.427 bits per heavy atom. The van der Waals surface area contributed by atoms with Gasteiger partial charge in [0.25, 0.3) is 7.11 Å². The minimum atomic E-state index is -0.166. The fourth-order valence-corrected chi connectivity index (χ4v) is 22.1. The van der Waals surface area contributed by atoms with Gasteiger partial charge < -0.3 is 88.5 Å². The summed E-state index contributed by atoms with van der Waals surface area (Å²) in [5.41, 5.74) is 25.5. The number of benzene rings is 14. The van der Waals surface area contributed by atoms with E-state index in [1.807, 2.05) is 128 Å². The Bertz CT molecular complexity index is 8210. The number of hydrogen-bond donors (Lipinski definition) is 10. The maximum absolute atomic E-state index is 10.1. The van der Waals surface area contributed by atoms with Crippen LogP contribution in [0, 0.1) is 6.72 Å². The second kappa shape index (κ2) is 41.9. The molecule has 2 aliphatic heterocycles. The van der Waals surface area contributed by atoms with Gasteiger partial charge in [0.05, 0.1) is 184 Å². The second-order valence-electron chi connectivity index (χ2n) is 36.8. The zero-order valence-electron chi connectivity index (χ0n) is 82.4. The topological polar surface area (TPSA) is 282 Å². The highest BCUT2D eigenvalue weighted by Crippen LogP contribution is 2.54. The lowest BCUT2D eigenvalue weighted by Crippen LogP contribution is -3.14. The van der Waals surface area contributed by atoms with E-state index in [0.29, 0.717) is 51.6 Å². The number of hydrogen-bond acceptors (Lipinski definition) is 17. The molecule has 1 saturated heterocycles. The molecule has 22 rings (SSSR count). The Morgan fingerprint density at radius 2 is 0.888 bits per heavy atom. The molecular weight excluding hydrogens is 1800 g/mol. The smallest absolute Gasteiger partial charge is 0.392 e. The molecule has 10 N–H and O–H groups in total. The van der Waals surface area contributed by atoms with E-state index in [2.05, 4.69) is 155 Å². The molecule has 4 aromatic heterocycles. The monoisotopic (exact) mass is 1920 g/mol. The summed E-state index contributed by atoms with van der Waals surface area (Å²) < 4.78 is 58.1. The molecule has 143 heavy (non-hydrogen) atoms. The van der Waals surface area contributed by atoms with Crippen LogP contribution in [0.5, 0.6) is 34.5 Å². The minimum absolute atomic E-state index is 0.0610. The third kappa shape index (κ3) is 17.6. The molecule has 0 radical (unpaired) electrons. The number of carbonyl (C=O) groups excluding carboxylic acids is 1. The van der Waals surface area contributed by atoms with Crippen LogP contribution in [0.25, 0.3) is 154 Å². The summed E-state index contributed by atoms with van der Waals surface area (Å²) in [5.74, 6) is 6.16. The number of rotatable bonds is 23. The summed E-state index contributed by atoms with van der Waals surface area (Å²) in [5, 5.41) is 95.8. The maximum Gasteiger partial charge on any atom is 0.392 e. The van der Waals surface area contributed by atoms with Crippen LogP contribution in [0.2, 0.25) is 0 Å². The zero-order chi connectivity index (χ0) is 99.7. The van der Waals surface area contributed by atoms with Crippen LogP contribution in [0.3, 0.4) is 0 Å². The fraction of sp³-hybridized carbons (Fsp3) is 0.242. The molecule has 18 aromatic rings.